The van der Waals surface area contributed by atoms with E-state index < -0.39 is 10.0 Å². The first-order valence-electron chi connectivity index (χ1n) is 7.37. The molecule has 1 aromatic rings. The molecule has 0 bridgehead atoms. The van der Waals surface area contributed by atoms with Crippen LogP contribution in [0.2, 0.25) is 0 Å². The minimum atomic E-state index is -3.23. The zero-order valence-electron chi connectivity index (χ0n) is 12.3. The van der Waals surface area contributed by atoms with E-state index in [9.17, 15) is 8.42 Å². The van der Waals surface area contributed by atoms with Gasteiger partial charge in [-0.1, -0.05) is 25.1 Å². The Morgan fingerprint density at radius 1 is 1.35 bits per heavy atom. The number of benzene rings is 1. The topological polar surface area (TPSA) is 49.4 Å². The molecule has 1 atom stereocenters. The fourth-order valence-corrected chi connectivity index (χ4v) is 4.57. The second-order valence-electron chi connectivity index (χ2n) is 5.34. The molecule has 1 N–H and O–H groups in total. The van der Waals surface area contributed by atoms with Crippen molar-refractivity contribution in [3.05, 3.63) is 29.8 Å². The van der Waals surface area contributed by atoms with Gasteiger partial charge in [0.25, 0.3) is 0 Å². The van der Waals surface area contributed by atoms with Crippen LogP contribution >= 0.6 is 0 Å². The number of anilines is 1. The summed E-state index contributed by atoms with van der Waals surface area (Å²) in [5.74, 6) is 0.207. The largest absolute Gasteiger partial charge is 0.317 e. The van der Waals surface area contributed by atoms with Gasteiger partial charge in [-0.15, -0.1) is 0 Å². The summed E-state index contributed by atoms with van der Waals surface area (Å²) in [6, 6.07) is 7.90. The molecule has 0 radical (unpaired) electrons. The first-order valence-corrected chi connectivity index (χ1v) is 8.98. The molecule has 5 heteroatoms. The number of nitrogens with one attached hydrogen (secondary N) is 1. The average Bonchev–Trinajstić information content (AvgIpc) is 2.43. The molecule has 1 aromatic carbocycles. The molecule has 1 aliphatic rings. The van der Waals surface area contributed by atoms with Gasteiger partial charge in [0.05, 0.1) is 11.4 Å². The van der Waals surface area contributed by atoms with Crippen LogP contribution in [0.25, 0.3) is 0 Å². The molecule has 0 saturated heterocycles. The maximum Gasteiger partial charge on any atom is 0.235 e. The second kappa shape index (κ2) is 6.59. The third-order valence-electron chi connectivity index (χ3n) is 3.77. The molecule has 0 fully saturated rings. The Bertz CT molecular complexity index is 543. The highest BCUT2D eigenvalue weighted by Crippen LogP contribution is 2.32. The van der Waals surface area contributed by atoms with Crippen LogP contribution in [-0.4, -0.2) is 33.3 Å². The summed E-state index contributed by atoms with van der Waals surface area (Å²) < 4.78 is 26.9. The summed E-state index contributed by atoms with van der Waals surface area (Å²) in [6.07, 6.45) is 2.51. The van der Waals surface area contributed by atoms with Crippen LogP contribution in [-0.2, 0) is 16.4 Å². The highest BCUT2D eigenvalue weighted by atomic mass is 32.2. The van der Waals surface area contributed by atoms with Gasteiger partial charge in [0.15, 0.2) is 0 Å². The number of sulfonamides is 1. The van der Waals surface area contributed by atoms with Gasteiger partial charge in [-0.2, -0.15) is 0 Å². The summed E-state index contributed by atoms with van der Waals surface area (Å²) in [6.45, 7) is 5.65. The van der Waals surface area contributed by atoms with E-state index in [1.165, 1.54) is 0 Å². The molecular weight excluding hydrogens is 272 g/mol. The van der Waals surface area contributed by atoms with E-state index in [-0.39, 0.29) is 11.8 Å². The summed E-state index contributed by atoms with van der Waals surface area (Å²) in [7, 11) is -3.23. The van der Waals surface area contributed by atoms with Gasteiger partial charge in [-0.05, 0) is 50.9 Å². The van der Waals surface area contributed by atoms with E-state index in [1.54, 1.807) is 4.31 Å². The average molecular weight is 296 g/mol. The molecule has 4 nitrogen and oxygen atoms in total. The lowest BCUT2D eigenvalue weighted by Gasteiger charge is -2.36. The van der Waals surface area contributed by atoms with Crippen LogP contribution in [0, 0.1) is 0 Å². The van der Waals surface area contributed by atoms with Gasteiger partial charge in [0.2, 0.25) is 10.0 Å². The van der Waals surface area contributed by atoms with Crippen LogP contribution < -0.4 is 9.62 Å². The minimum Gasteiger partial charge on any atom is -0.317 e. The molecule has 2 rings (SSSR count). The summed E-state index contributed by atoms with van der Waals surface area (Å²) in [5.41, 5.74) is 2.01. The second-order valence-corrected chi connectivity index (χ2v) is 7.30. The van der Waals surface area contributed by atoms with Crippen LogP contribution in [0.1, 0.15) is 32.3 Å². The first kappa shape index (κ1) is 15.3. The maximum absolute atomic E-state index is 12.6. The normalized spacial score (nSPS) is 18.9. The number of rotatable bonds is 6. The number of aryl methyl sites for hydroxylation is 1. The third-order valence-corrected chi connectivity index (χ3v) is 5.73. The Morgan fingerprint density at radius 2 is 2.10 bits per heavy atom. The fraction of sp³-hybridized carbons (Fsp3) is 0.600. The van der Waals surface area contributed by atoms with Crippen molar-refractivity contribution in [2.75, 3.05) is 23.1 Å². The molecule has 1 heterocycles. The van der Waals surface area contributed by atoms with Gasteiger partial charge in [-0.3, -0.25) is 4.31 Å². The van der Waals surface area contributed by atoms with Crippen molar-refractivity contribution >= 4 is 15.7 Å². The molecule has 0 aliphatic carbocycles. The number of para-hydroxylation sites is 1. The molecule has 1 aliphatic heterocycles. The van der Waals surface area contributed by atoms with E-state index in [1.807, 2.05) is 38.1 Å². The van der Waals surface area contributed by atoms with Crippen molar-refractivity contribution in [3.63, 3.8) is 0 Å². The third kappa shape index (κ3) is 3.33. The molecule has 0 amide bonds. The Kier molecular flexibility index (Phi) is 5.05. The SMILES string of the molecule is CCNCCCS(=O)(=O)N1c2ccccc2CCC1C. The van der Waals surface area contributed by atoms with Gasteiger partial charge >= 0.3 is 0 Å². The molecule has 20 heavy (non-hydrogen) atoms. The smallest absolute Gasteiger partial charge is 0.235 e. The van der Waals surface area contributed by atoms with Crippen molar-refractivity contribution in [1.82, 2.24) is 5.32 Å². The number of hydrogen-bond donors (Lipinski definition) is 1. The lowest BCUT2D eigenvalue weighted by molar-refractivity contribution is 0.559. The van der Waals surface area contributed by atoms with E-state index >= 15 is 0 Å². The van der Waals surface area contributed by atoms with Gasteiger partial charge in [-0.25, -0.2) is 8.42 Å². The van der Waals surface area contributed by atoms with Crippen molar-refractivity contribution in [3.8, 4) is 0 Å². The number of nitrogens with zero attached hydrogens (tertiary/aromatic N) is 1. The van der Waals surface area contributed by atoms with Crippen molar-refractivity contribution in [2.45, 2.75) is 39.2 Å². The number of hydrogen-bond acceptors (Lipinski definition) is 3. The van der Waals surface area contributed by atoms with Crippen LogP contribution in [0.4, 0.5) is 5.69 Å². The molecular formula is C15H24N2O2S. The standard InChI is InChI=1S/C15H24N2O2S/c1-3-16-11-6-12-20(18,19)17-13(2)9-10-14-7-4-5-8-15(14)17/h4-5,7-8,13,16H,3,6,9-12H2,1-2H3. The van der Waals surface area contributed by atoms with Crippen LogP contribution in [0.3, 0.4) is 0 Å². The summed E-state index contributed by atoms with van der Waals surface area (Å²) in [5, 5.41) is 3.17. The Balaban J connectivity index is 2.17. The zero-order chi connectivity index (χ0) is 14.6. The van der Waals surface area contributed by atoms with Gasteiger partial charge in [0, 0.05) is 6.04 Å². The van der Waals surface area contributed by atoms with Crippen molar-refractivity contribution in [2.24, 2.45) is 0 Å². The van der Waals surface area contributed by atoms with E-state index in [4.69, 9.17) is 0 Å². The minimum absolute atomic E-state index is 0.0500. The lowest BCUT2D eigenvalue weighted by Crippen LogP contribution is -2.43. The van der Waals surface area contributed by atoms with Gasteiger partial charge in [0.1, 0.15) is 0 Å². The molecule has 1 unspecified atom stereocenters. The van der Waals surface area contributed by atoms with E-state index in [2.05, 4.69) is 5.32 Å². The van der Waals surface area contributed by atoms with Crippen LogP contribution in [0.15, 0.2) is 24.3 Å². The summed E-state index contributed by atoms with van der Waals surface area (Å²) >= 11 is 0. The Hall–Kier alpha value is -1.07. The highest BCUT2D eigenvalue weighted by molar-refractivity contribution is 7.92. The number of fused-ring (bicyclic) bond motifs is 1. The monoisotopic (exact) mass is 296 g/mol. The Morgan fingerprint density at radius 3 is 2.85 bits per heavy atom. The van der Waals surface area contributed by atoms with E-state index in [0.717, 1.165) is 37.2 Å². The van der Waals surface area contributed by atoms with Crippen LogP contribution in [0.5, 0.6) is 0 Å². The van der Waals surface area contributed by atoms with Crippen molar-refractivity contribution < 1.29 is 8.42 Å². The summed E-state index contributed by atoms with van der Waals surface area (Å²) in [4.78, 5) is 0. The lowest BCUT2D eigenvalue weighted by atomic mass is 9.99. The molecule has 112 valence electrons. The molecule has 0 saturated carbocycles. The highest BCUT2D eigenvalue weighted by Gasteiger charge is 2.31. The Labute approximate surface area is 122 Å². The predicted molar refractivity (Wildman–Crippen MR) is 83.7 cm³/mol. The maximum atomic E-state index is 12.6. The zero-order valence-corrected chi connectivity index (χ0v) is 13.1. The fourth-order valence-electron chi connectivity index (χ4n) is 2.74. The quantitative estimate of drug-likeness (QED) is 0.818. The van der Waals surface area contributed by atoms with E-state index in [0.29, 0.717) is 6.42 Å². The van der Waals surface area contributed by atoms with Gasteiger partial charge < -0.3 is 5.32 Å². The molecule has 0 aromatic heterocycles. The predicted octanol–water partition coefficient (Wildman–Crippen LogP) is 2.16. The van der Waals surface area contributed by atoms with Crippen molar-refractivity contribution in [1.29, 1.82) is 0 Å². The first-order chi connectivity index (χ1) is 9.56. The molecule has 0 spiro atoms.